The van der Waals surface area contributed by atoms with Crippen molar-refractivity contribution in [3.63, 3.8) is 0 Å². The molecule has 0 fully saturated rings. The zero-order chi connectivity index (χ0) is 33.3. The Balaban J connectivity index is 1.65. The summed E-state index contributed by atoms with van der Waals surface area (Å²) in [6, 6.07) is 32.3. The van der Waals surface area contributed by atoms with Crippen LogP contribution in [-0.4, -0.2) is 49.5 Å². The first kappa shape index (κ1) is 34.7. The number of rotatable bonds is 13. The summed E-state index contributed by atoms with van der Waals surface area (Å²) in [5.41, 5.74) is 2.42. The molecule has 0 bridgehead atoms. The number of ether oxygens (including phenoxy) is 1. The third-order valence-corrected chi connectivity index (χ3v) is 8.76. The Morgan fingerprint density at radius 1 is 0.804 bits per heavy atom. The van der Waals surface area contributed by atoms with Crippen molar-refractivity contribution in [2.24, 2.45) is 0 Å². The van der Waals surface area contributed by atoms with Gasteiger partial charge in [-0.1, -0.05) is 88.7 Å². The van der Waals surface area contributed by atoms with Crippen molar-refractivity contribution in [2.45, 2.75) is 51.9 Å². The van der Waals surface area contributed by atoms with Crippen molar-refractivity contribution >= 4 is 43.5 Å². The molecule has 46 heavy (non-hydrogen) atoms. The molecule has 0 saturated heterocycles. The molecular formula is C36H40BrN3O5S. The summed E-state index contributed by atoms with van der Waals surface area (Å²) in [4.78, 5) is 29.6. The van der Waals surface area contributed by atoms with Crippen LogP contribution in [0.15, 0.2) is 114 Å². The Kier molecular flexibility index (Phi) is 11.6. The van der Waals surface area contributed by atoms with E-state index in [1.165, 1.54) is 4.90 Å². The number of nitrogens with zero attached hydrogens (tertiary/aromatic N) is 2. The van der Waals surface area contributed by atoms with Crippen LogP contribution in [0, 0.1) is 0 Å². The normalized spacial score (nSPS) is 12.2. The molecule has 0 aliphatic carbocycles. The first-order valence-corrected chi connectivity index (χ1v) is 17.6. The Morgan fingerprint density at radius 3 is 1.91 bits per heavy atom. The van der Waals surface area contributed by atoms with Crippen molar-refractivity contribution in [3.8, 4) is 5.75 Å². The number of halogens is 1. The highest BCUT2D eigenvalue weighted by Crippen LogP contribution is 2.24. The van der Waals surface area contributed by atoms with E-state index in [0.29, 0.717) is 18.0 Å². The fraction of sp³-hybridized carbons (Fsp3) is 0.278. The van der Waals surface area contributed by atoms with Gasteiger partial charge < -0.3 is 15.0 Å². The van der Waals surface area contributed by atoms with Crippen LogP contribution >= 0.6 is 15.9 Å². The quantitative estimate of drug-likeness (QED) is 0.175. The van der Waals surface area contributed by atoms with Crippen LogP contribution in [-0.2, 0) is 39.2 Å². The average Bonchev–Trinajstić information content (AvgIpc) is 3.01. The van der Waals surface area contributed by atoms with E-state index in [4.69, 9.17) is 4.74 Å². The minimum Gasteiger partial charge on any atom is -0.489 e. The molecule has 10 heteroatoms. The fourth-order valence-corrected chi connectivity index (χ4v) is 5.97. The van der Waals surface area contributed by atoms with Crippen molar-refractivity contribution in [1.82, 2.24) is 10.2 Å². The molecule has 1 atom stereocenters. The number of anilines is 1. The molecule has 2 amide bonds. The molecule has 242 valence electrons. The monoisotopic (exact) mass is 705 g/mol. The van der Waals surface area contributed by atoms with Gasteiger partial charge in [0.1, 0.15) is 24.9 Å². The largest absolute Gasteiger partial charge is 0.489 e. The van der Waals surface area contributed by atoms with Crippen LogP contribution in [0.5, 0.6) is 5.75 Å². The van der Waals surface area contributed by atoms with E-state index < -0.39 is 34.1 Å². The summed E-state index contributed by atoms with van der Waals surface area (Å²) in [6.07, 6.45) is 1.31. The maximum absolute atomic E-state index is 14.3. The molecule has 0 aliphatic heterocycles. The van der Waals surface area contributed by atoms with Crippen molar-refractivity contribution in [3.05, 3.63) is 130 Å². The third kappa shape index (κ3) is 10.5. The third-order valence-electron chi connectivity index (χ3n) is 7.09. The molecule has 4 rings (SSSR count). The summed E-state index contributed by atoms with van der Waals surface area (Å²) in [5, 5.41) is 3.03. The van der Waals surface area contributed by atoms with Crippen LogP contribution in [0.25, 0.3) is 0 Å². The second-order valence-electron chi connectivity index (χ2n) is 12.1. The lowest BCUT2D eigenvalue weighted by molar-refractivity contribution is -0.140. The van der Waals surface area contributed by atoms with Crippen molar-refractivity contribution < 1.29 is 22.7 Å². The molecule has 0 unspecified atom stereocenters. The van der Waals surface area contributed by atoms with Gasteiger partial charge in [0, 0.05) is 23.0 Å². The van der Waals surface area contributed by atoms with Crippen LogP contribution in [0.3, 0.4) is 0 Å². The molecule has 8 nitrogen and oxygen atoms in total. The Labute approximate surface area is 280 Å². The van der Waals surface area contributed by atoms with Gasteiger partial charge in [-0.15, -0.1) is 0 Å². The van der Waals surface area contributed by atoms with Gasteiger partial charge in [0.15, 0.2) is 0 Å². The number of nitrogens with one attached hydrogen (secondary N) is 1. The minimum atomic E-state index is -3.89. The van der Waals surface area contributed by atoms with E-state index in [1.807, 2.05) is 106 Å². The number of carbonyl (C=O) groups is 2. The summed E-state index contributed by atoms with van der Waals surface area (Å²) in [7, 11) is -3.89. The van der Waals surface area contributed by atoms with Gasteiger partial charge in [0.2, 0.25) is 21.8 Å². The van der Waals surface area contributed by atoms with Gasteiger partial charge in [-0.2, -0.15) is 0 Å². The van der Waals surface area contributed by atoms with Crippen LogP contribution in [0.2, 0.25) is 0 Å². The topological polar surface area (TPSA) is 96.0 Å². The predicted octanol–water partition coefficient (Wildman–Crippen LogP) is 6.35. The standard InChI is InChI=1S/C36H40BrN3O5S/c1-36(2,3)38-35(42)33(23-27-11-7-5-8-12-27)39(24-28-15-17-30(37)18-16-28)34(41)25-40(46(4,43)44)31-19-21-32(22-20-31)45-26-29-13-9-6-10-14-29/h5-22,33H,23-26H2,1-4H3,(H,38,42)/t33-/m0/s1. The van der Waals surface area contributed by atoms with E-state index >= 15 is 0 Å². The summed E-state index contributed by atoms with van der Waals surface area (Å²) in [6.45, 7) is 5.61. The number of benzene rings is 4. The van der Waals surface area contributed by atoms with E-state index in [2.05, 4.69) is 21.2 Å². The van der Waals surface area contributed by atoms with Crippen molar-refractivity contribution in [2.75, 3.05) is 17.1 Å². The summed E-state index contributed by atoms with van der Waals surface area (Å²) in [5.74, 6) is -0.276. The van der Waals surface area contributed by atoms with Gasteiger partial charge >= 0.3 is 0 Å². The first-order valence-electron chi connectivity index (χ1n) is 14.9. The maximum atomic E-state index is 14.3. The van der Waals surface area contributed by atoms with Crippen LogP contribution in [0.4, 0.5) is 5.69 Å². The Hall–Kier alpha value is -4.15. The second-order valence-corrected chi connectivity index (χ2v) is 15.0. The molecule has 0 saturated carbocycles. The SMILES string of the molecule is CC(C)(C)NC(=O)[C@H](Cc1ccccc1)N(Cc1ccc(Br)cc1)C(=O)CN(c1ccc(OCc2ccccc2)cc1)S(C)(=O)=O. The van der Waals surface area contributed by atoms with Crippen LogP contribution < -0.4 is 14.4 Å². The lowest BCUT2D eigenvalue weighted by Crippen LogP contribution is -2.56. The van der Waals surface area contributed by atoms with E-state index in [0.717, 1.165) is 31.7 Å². The lowest BCUT2D eigenvalue weighted by Gasteiger charge is -2.35. The molecule has 4 aromatic rings. The maximum Gasteiger partial charge on any atom is 0.244 e. The summed E-state index contributed by atoms with van der Waals surface area (Å²) < 4.78 is 34.0. The van der Waals surface area contributed by atoms with E-state index in [-0.39, 0.29) is 18.9 Å². The smallest absolute Gasteiger partial charge is 0.244 e. The van der Waals surface area contributed by atoms with Crippen molar-refractivity contribution in [1.29, 1.82) is 0 Å². The first-order chi connectivity index (χ1) is 21.8. The Bertz CT molecular complexity index is 1690. The van der Waals surface area contributed by atoms with Gasteiger partial charge in [-0.3, -0.25) is 13.9 Å². The van der Waals surface area contributed by atoms with Crippen LogP contribution in [0.1, 0.15) is 37.5 Å². The molecule has 4 aromatic carbocycles. The molecular weight excluding hydrogens is 666 g/mol. The molecule has 0 aliphatic rings. The fourth-order valence-electron chi connectivity index (χ4n) is 4.86. The molecule has 0 spiro atoms. The zero-order valence-corrected chi connectivity index (χ0v) is 28.9. The number of hydrogen-bond donors (Lipinski definition) is 1. The highest BCUT2D eigenvalue weighted by Gasteiger charge is 2.34. The number of carbonyl (C=O) groups excluding carboxylic acids is 2. The number of hydrogen-bond acceptors (Lipinski definition) is 5. The second kappa shape index (κ2) is 15.4. The molecule has 0 aromatic heterocycles. The lowest BCUT2D eigenvalue weighted by atomic mass is 10.0. The zero-order valence-electron chi connectivity index (χ0n) is 26.5. The number of sulfonamides is 1. The molecule has 0 heterocycles. The predicted molar refractivity (Wildman–Crippen MR) is 186 cm³/mol. The minimum absolute atomic E-state index is 0.102. The molecule has 0 radical (unpaired) electrons. The average molecular weight is 707 g/mol. The van der Waals surface area contributed by atoms with Gasteiger partial charge in [-0.05, 0) is 73.9 Å². The Morgan fingerprint density at radius 2 is 1.37 bits per heavy atom. The highest BCUT2D eigenvalue weighted by atomic mass is 79.9. The van der Waals surface area contributed by atoms with Gasteiger partial charge in [-0.25, -0.2) is 8.42 Å². The van der Waals surface area contributed by atoms with Gasteiger partial charge in [0.05, 0.1) is 11.9 Å². The van der Waals surface area contributed by atoms with Gasteiger partial charge in [0.25, 0.3) is 0 Å². The van der Waals surface area contributed by atoms with E-state index in [1.54, 1.807) is 24.3 Å². The summed E-state index contributed by atoms with van der Waals surface area (Å²) >= 11 is 3.45. The van der Waals surface area contributed by atoms with E-state index in [9.17, 15) is 18.0 Å². The highest BCUT2D eigenvalue weighted by molar-refractivity contribution is 9.10. The molecule has 1 N–H and O–H groups in total. The number of amides is 2.